The summed E-state index contributed by atoms with van der Waals surface area (Å²) < 4.78 is 13.5. The molecule has 0 saturated carbocycles. The average Bonchev–Trinajstić information content (AvgIpc) is 2.45. The minimum absolute atomic E-state index is 0. The van der Waals surface area contributed by atoms with Crippen LogP contribution in [0.3, 0.4) is 0 Å². The molecule has 1 aromatic rings. The average molecular weight is 339 g/mol. The van der Waals surface area contributed by atoms with Gasteiger partial charge in [0.05, 0.1) is 0 Å². The molecule has 0 bridgehead atoms. The van der Waals surface area contributed by atoms with Gasteiger partial charge in [0.1, 0.15) is 0 Å². The molecular weight excluding hydrogens is 314 g/mol. The van der Waals surface area contributed by atoms with Crippen LogP contribution in [0.2, 0.25) is 0 Å². The second kappa shape index (κ2) is 10.2. The standard InChI is InChI=1S/C15H23FN2O.2ClH/c1-2-3-7-14(18-10-8-17-9-11-18)12-5-4-6-13(16)15(12)19;;/h4-6,14,17,19H,2-3,7-11H2,1H3;2*1H/t14-;;/m0../s1. The van der Waals surface area contributed by atoms with Gasteiger partial charge in [-0.25, -0.2) is 4.39 Å². The molecule has 0 aromatic heterocycles. The fraction of sp³-hybridized carbons (Fsp3) is 0.600. The van der Waals surface area contributed by atoms with Gasteiger partial charge in [0.15, 0.2) is 11.6 Å². The van der Waals surface area contributed by atoms with Crippen molar-refractivity contribution < 1.29 is 9.50 Å². The lowest BCUT2D eigenvalue weighted by atomic mass is 9.97. The lowest BCUT2D eigenvalue weighted by Crippen LogP contribution is -2.45. The Balaban J connectivity index is 0.00000200. The molecule has 1 aromatic carbocycles. The molecule has 0 aliphatic carbocycles. The Bertz CT molecular complexity index is 415. The largest absolute Gasteiger partial charge is 0.505 e. The van der Waals surface area contributed by atoms with E-state index >= 15 is 0 Å². The minimum Gasteiger partial charge on any atom is -0.505 e. The summed E-state index contributed by atoms with van der Waals surface area (Å²) in [5.41, 5.74) is 0.732. The van der Waals surface area contributed by atoms with E-state index in [0.717, 1.165) is 51.0 Å². The van der Waals surface area contributed by atoms with E-state index in [-0.39, 0.29) is 36.6 Å². The maximum Gasteiger partial charge on any atom is 0.165 e. The SMILES string of the molecule is CCCC[C@@H](c1cccc(F)c1O)N1CCNCC1.Cl.Cl. The summed E-state index contributed by atoms with van der Waals surface area (Å²) in [5.74, 6) is -0.698. The van der Waals surface area contributed by atoms with Crippen molar-refractivity contribution in [3.8, 4) is 5.75 Å². The Hall–Kier alpha value is -0.550. The van der Waals surface area contributed by atoms with Crippen LogP contribution in [0.5, 0.6) is 5.75 Å². The number of nitrogens with one attached hydrogen (secondary N) is 1. The first kappa shape index (κ1) is 20.5. The molecule has 3 nitrogen and oxygen atoms in total. The van der Waals surface area contributed by atoms with Crippen LogP contribution in [0.15, 0.2) is 18.2 Å². The number of unbranched alkanes of at least 4 members (excludes halogenated alkanes) is 1. The van der Waals surface area contributed by atoms with Gasteiger partial charge in [-0.05, 0) is 12.5 Å². The predicted molar refractivity (Wildman–Crippen MR) is 89.3 cm³/mol. The van der Waals surface area contributed by atoms with Crippen LogP contribution in [0.1, 0.15) is 37.8 Å². The highest BCUT2D eigenvalue weighted by molar-refractivity contribution is 5.85. The molecule has 1 aliphatic heterocycles. The first-order valence-corrected chi connectivity index (χ1v) is 7.16. The van der Waals surface area contributed by atoms with E-state index < -0.39 is 5.82 Å². The number of phenols is 1. The first-order valence-electron chi connectivity index (χ1n) is 7.16. The van der Waals surface area contributed by atoms with Gasteiger partial charge in [-0.2, -0.15) is 0 Å². The molecule has 0 unspecified atom stereocenters. The second-order valence-electron chi connectivity index (χ2n) is 5.12. The molecule has 1 aliphatic rings. The Morgan fingerprint density at radius 2 is 1.95 bits per heavy atom. The van der Waals surface area contributed by atoms with Crippen LogP contribution in [0, 0.1) is 5.82 Å². The summed E-state index contributed by atoms with van der Waals surface area (Å²) in [6, 6.07) is 4.97. The molecule has 2 rings (SSSR count). The maximum absolute atomic E-state index is 13.5. The van der Waals surface area contributed by atoms with E-state index in [1.165, 1.54) is 6.07 Å². The summed E-state index contributed by atoms with van der Waals surface area (Å²) in [7, 11) is 0. The molecule has 21 heavy (non-hydrogen) atoms. The zero-order valence-corrected chi connectivity index (χ0v) is 14.0. The first-order chi connectivity index (χ1) is 9.24. The summed E-state index contributed by atoms with van der Waals surface area (Å²) in [4.78, 5) is 2.35. The number of phenolic OH excluding ortho intramolecular Hbond substituents is 1. The van der Waals surface area contributed by atoms with E-state index in [4.69, 9.17) is 0 Å². The summed E-state index contributed by atoms with van der Waals surface area (Å²) in [6.07, 6.45) is 3.16. The Labute approximate surface area is 138 Å². The highest BCUT2D eigenvalue weighted by Crippen LogP contribution is 2.34. The zero-order chi connectivity index (χ0) is 13.7. The summed E-state index contributed by atoms with van der Waals surface area (Å²) in [6.45, 7) is 5.96. The summed E-state index contributed by atoms with van der Waals surface area (Å²) in [5, 5.41) is 13.3. The summed E-state index contributed by atoms with van der Waals surface area (Å²) >= 11 is 0. The van der Waals surface area contributed by atoms with Gasteiger partial charge < -0.3 is 10.4 Å². The van der Waals surface area contributed by atoms with Crippen molar-refractivity contribution in [1.82, 2.24) is 10.2 Å². The van der Waals surface area contributed by atoms with E-state index in [9.17, 15) is 9.50 Å². The Morgan fingerprint density at radius 3 is 2.57 bits per heavy atom. The molecule has 2 N–H and O–H groups in total. The molecular formula is C15H25Cl2FN2O. The minimum atomic E-state index is -0.519. The lowest BCUT2D eigenvalue weighted by molar-refractivity contribution is 0.160. The van der Waals surface area contributed by atoms with Crippen molar-refractivity contribution >= 4 is 24.8 Å². The van der Waals surface area contributed by atoms with Crippen molar-refractivity contribution in [2.24, 2.45) is 0 Å². The highest BCUT2D eigenvalue weighted by atomic mass is 35.5. The monoisotopic (exact) mass is 338 g/mol. The van der Waals surface area contributed by atoms with Crippen molar-refractivity contribution in [3.05, 3.63) is 29.6 Å². The van der Waals surface area contributed by atoms with Crippen LogP contribution >= 0.6 is 24.8 Å². The Morgan fingerprint density at radius 1 is 1.29 bits per heavy atom. The number of piperazine rings is 1. The quantitative estimate of drug-likeness (QED) is 0.862. The molecule has 0 spiro atoms. The molecule has 6 heteroatoms. The third kappa shape index (κ3) is 5.29. The van der Waals surface area contributed by atoms with Crippen molar-refractivity contribution in [2.75, 3.05) is 26.2 Å². The number of hydrogen-bond donors (Lipinski definition) is 2. The Kier molecular flexibility index (Phi) is 9.95. The van der Waals surface area contributed by atoms with Gasteiger partial charge in [-0.15, -0.1) is 24.8 Å². The van der Waals surface area contributed by atoms with E-state index in [2.05, 4.69) is 17.1 Å². The number of rotatable bonds is 5. The van der Waals surface area contributed by atoms with Gasteiger partial charge >= 0.3 is 0 Å². The lowest BCUT2D eigenvalue weighted by Gasteiger charge is -2.35. The molecule has 1 atom stereocenters. The van der Waals surface area contributed by atoms with Gasteiger partial charge in [-0.3, -0.25) is 4.90 Å². The van der Waals surface area contributed by atoms with Crippen molar-refractivity contribution in [3.63, 3.8) is 0 Å². The number of para-hydroxylation sites is 1. The number of nitrogens with zero attached hydrogens (tertiary/aromatic N) is 1. The molecule has 122 valence electrons. The van der Waals surface area contributed by atoms with Gasteiger partial charge in [0, 0.05) is 37.8 Å². The van der Waals surface area contributed by atoms with Crippen LogP contribution in [0.4, 0.5) is 4.39 Å². The molecule has 1 saturated heterocycles. The normalized spacial score (nSPS) is 16.7. The molecule has 1 heterocycles. The van der Waals surface area contributed by atoms with E-state index in [0.29, 0.717) is 0 Å². The second-order valence-corrected chi connectivity index (χ2v) is 5.12. The fourth-order valence-corrected chi connectivity index (χ4v) is 2.73. The van der Waals surface area contributed by atoms with Crippen LogP contribution in [0.25, 0.3) is 0 Å². The number of hydrogen-bond acceptors (Lipinski definition) is 3. The van der Waals surface area contributed by atoms with Crippen LogP contribution in [-0.4, -0.2) is 36.2 Å². The predicted octanol–water partition coefficient (Wildman–Crippen LogP) is 3.51. The van der Waals surface area contributed by atoms with Crippen LogP contribution in [-0.2, 0) is 0 Å². The number of benzene rings is 1. The van der Waals surface area contributed by atoms with Gasteiger partial charge in [0.2, 0.25) is 0 Å². The molecule has 0 amide bonds. The van der Waals surface area contributed by atoms with Gasteiger partial charge in [-0.1, -0.05) is 31.9 Å². The zero-order valence-electron chi connectivity index (χ0n) is 12.3. The molecule has 1 fully saturated rings. The maximum atomic E-state index is 13.5. The van der Waals surface area contributed by atoms with Crippen molar-refractivity contribution in [2.45, 2.75) is 32.2 Å². The number of halogens is 3. The van der Waals surface area contributed by atoms with Crippen LogP contribution < -0.4 is 5.32 Å². The fourth-order valence-electron chi connectivity index (χ4n) is 2.73. The highest BCUT2D eigenvalue weighted by Gasteiger charge is 2.24. The van der Waals surface area contributed by atoms with Gasteiger partial charge in [0.25, 0.3) is 0 Å². The third-order valence-electron chi connectivity index (χ3n) is 3.80. The van der Waals surface area contributed by atoms with Crippen molar-refractivity contribution in [1.29, 1.82) is 0 Å². The van der Waals surface area contributed by atoms with E-state index in [1.807, 2.05) is 6.07 Å². The third-order valence-corrected chi connectivity index (χ3v) is 3.80. The number of aromatic hydroxyl groups is 1. The van der Waals surface area contributed by atoms with E-state index in [1.54, 1.807) is 6.07 Å². The topological polar surface area (TPSA) is 35.5 Å². The smallest absolute Gasteiger partial charge is 0.165 e. The molecule has 0 radical (unpaired) electrons.